The van der Waals surface area contributed by atoms with E-state index in [-0.39, 0.29) is 6.29 Å². The molecule has 3 nitrogen and oxygen atoms in total. The second-order valence-electron chi connectivity index (χ2n) is 5.12. The second-order valence-corrected chi connectivity index (χ2v) is 6.29. The van der Waals surface area contributed by atoms with Crippen LogP contribution in [-0.2, 0) is 9.47 Å². The molecule has 1 aromatic rings. The molecule has 0 bridgehead atoms. The summed E-state index contributed by atoms with van der Waals surface area (Å²) in [6.45, 7) is 3.85. The molecule has 112 valence electrons. The van der Waals surface area contributed by atoms with Crippen LogP contribution in [0.15, 0.2) is 29.2 Å². The Morgan fingerprint density at radius 2 is 1.75 bits per heavy atom. The fraction of sp³-hybridized carbons (Fsp3) is 0.625. The van der Waals surface area contributed by atoms with E-state index in [1.165, 1.54) is 49.5 Å². The van der Waals surface area contributed by atoms with Crippen molar-refractivity contribution in [1.29, 1.82) is 0 Å². The average Bonchev–Trinajstić information content (AvgIpc) is 3.00. The van der Waals surface area contributed by atoms with Gasteiger partial charge in [0.25, 0.3) is 0 Å². The molecule has 1 fully saturated rings. The van der Waals surface area contributed by atoms with E-state index < -0.39 is 0 Å². The highest BCUT2D eigenvalue weighted by molar-refractivity contribution is 7.99. The fourth-order valence-corrected chi connectivity index (χ4v) is 3.41. The summed E-state index contributed by atoms with van der Waals surface area (Å²) < 4.78 is 10.5. The Hall–Kier alpha value is -0.550. The van der Waals surface area contributed by atoms with Crippen molar-refractivity contribution >= 4 is 11.8 Å². The van der Waals surface area contributed by atoms with Crippen molar-refractivity contribution in [2.24, 2.45) is 0 Å². The maximum absolute atomic E-state index is 5.25. The molecule has 0 radical (unpaired) electrons. The van der Waals surface area contributed by atoms with Crippen LogP contribution in [0.2, 0.25) is 0 Å². The standard InChI is InChI=1S/C16H25NO2S/c1-18-16(19-2)14-6-8-15(9-7-14)20-13-5-12-17-10-3-4-11-17/h6-9,16H,3-5,10-13H2,1-2H3. The zero-order chi connectivity index (χ0) is 14.2. The van der Waals surface area contributed by atoms with Gasteiger partial charge in [-0.3, -0.25) is 0 Å². The third-order valence-corrected chi connectivity index (χ3v) is 4.76. The number of nitrogens with zero attached hydrogens (tertiary/aromatic N) is 1. The Kier molecular flexibility index (Phi) is 6.87. The van der Waals surface area contributed by atoms with Crippen LogP contribution in [0, 0.1) is 0 Å². The van der Waals surface area contributed by atoms with Gasteiger partial charge in [-0.1, -0.05) is 12.1 Å². The van der Waals surface area contributed by atoms with Crippen LogP contribution in [0.5, 0.6) is 0 Å². The van der Waals surface area contributed by atoms with E-state index in [0.29, 0.717) is 0 Å². The Bertz CT molecular complexity index is 373. The minimum Gasteiger partial charge on any atom is -0.352 e. The third-order valence-electron chi connectivity index (χ3n) is 3.67. The first-order valence-electron chi connectivity index (χ1n) is 7.34. The zero-order valence-electron chi connectivity index (χ0n) is 12.5. The van der Waals surface area contributed by atoms with E-state index >= 15 is 0 Å². The lowest BCUT2D eigenvalue weighted by molar-refractivity contribution is -0.106. The van der Waals surface area contributed by atoms with Crippen LogP contribution < -0.4 is 0 Å². The summed E-state index contributed by atoms with van der Waals surface area (Å²) in [5, 5.41) is 0. The Balaban J connectivity index is 1.70. The molecule has 20 heavy (non-hydrogen) atoms. The minimum absolute atomic E-state index is 0.260. The van der Waals surface area contributed by atoms with Gasteiger partial charge in [-0.15, -0.1) is 11.8 Å². The van der Waals surface area contributed by atoms with Gasteiger partial charge < -0.3 is 14.4 Å². The van der Waals surface area contributed by atoms with Crippen molar-refractivity contribution in [2.75, 3.05) is 39.6 Å². The largest absolute Gasteiger partial charge is 0.352 e. The topological polar surface area (TPSA) is 21.7 Å². The van der Waals surface area contributed by atoms with Gasteiger partial charge in [0.2, 0.25) is 0 Å². The van der Waals surface area contributed by atoms with Gasteiger partial charge in [0.15, 0.2) is 6.29 Å². The summed E-state index contributed by atoms with van der Waals surface area (Å²) in [7, 11) is 3.32. The van der Waals surface area contributed by atoms with E-state index in [1.807, 2.05) is 11.8 Å². The van der Waals surface area contributed by atoms with E-state index in [4.69, 9.17) is 9.47 Å². The first-order valence-corrected chi connectivity index (χ1v) is 8.33. The number of methoxy groups -OCH3 is 2. The summed E-state index contributed by atoms with van der Waals surface area (Å²) in [6.07, 6.45) is 3.78. The molecule has 0 saturated carbocycles. The first-order chi connectivity index (χ1) is 9.83. The highest BCUT2D eigenvalue weighted by atomic mass is 32.2. The van der Waals surface area contributed by atoms with Crippen LogP contribution in [0.25, 0.3) is 0 Å². The molecular weight excluding hydrogens is 270 g/mol. The van der Waals surface area contributed by atoms with Crippen molar-refractivity contribution in [2.45, 2.75) is 30.4 Å². The van der Waals surface area contributed by atoms with E-state index in [2.05, 4.69) is 29.2 Å². The van der Waals surface area contributed by atoms with Crippen LogP contribution in [0.3, 0.4) is 0 Å². The van der Waals surface area contributed by atoms with Crippen molar-refractivity contribution in [3.63, 3.8) is 0 Å². The van der Waals surface area contributed by atoms with E-state index in [0.717, 1.165) is 5.56 Å². The number of hydrogen-bond acceptors (Lipinski definition) is 4. The van der Waals surface area contributed by atoms with Crippen LogP contribution in [0.1, 0.15) is 31.1 Å². The number of ether oxygens (including phenoxy) is 2. The monoisotopic (exact) mass is 295 g/mol. The predicted octanol–water partition coefficient (Wildman–Crippen LogP) is 3.56. The zero-order valence-corrected chi connectivity index (χ0v) is 13.3. The van der Waals surface area contributed by atoms with E-state index in [9.17, 15) is 0 Å². The first kappa shape index (κ1) is 15.8. The fourth-order valence-electron chi connectivity index (χ4n) is 2.57. The van der Waals surface area contributed by atoms with E-state index in [1.54, 1.807) is 14.2 Å². The summed E-state index contributed by atoms with van der Waals surface area (Å²) in [4.78, 5) is 3.90. The molecule has 0 aliphatic carbocycles. The Morgan fingerprint density at radius 1 is 1.10 bits per heavy atom. The molecule has 1 saturated heterocycles. The van der Waals surface area contributed by atoms with Crippen molar-refractivity contribution in [3.8, 4) is 0 Å². The molecule has 0 amide bonds. The number of hydrogen-bond donors (Lipinski definition) is 0. The molecular formula is C16H25NO2S. The van der Waals surface area contributed by atoms with Gasteiger partial charge in [-0.25, -0.2) is 0 Å². The number of benzene rings is 1. The van der Waals surface area contributed by atoms with Crippen LogP contribution >= 0.6 is 11.8 Å². The highest BCUT2D eigenvalue weighted by Gasteiger charge is 2.10. The molecule has 4 heteroatoms. The van der Waals surface area contributed by atoms with Crippen LogP contribution in [0.4, 0.5) is 0 Å². The van der Waals surface area contributed by atoms with Gasteiger partial charge in [-0.05, 0) is 56.8 Å². The summed E-state index contributed by atoms with van der Waals surface area (Å²) in [5.41, 5.74) is 1.07. The maximum Gasteiger partial charge on any atom is 0.183 e. The summed E-state index contributed by atoms with van der Waals surface area (Å²) in [6, 6.07) is 8.47. The molecule has 2 rings (SSSR count). The molecule has 0 spiro atoms. The van der Waals surface area contributed by atoms with Gasteiger partial charge in [0, 0.05) is 24.7 Å². The highest BCUT2D eigenvalue weighted by Crippen LogP contribution is 2.23. The molecule has 0 aromatic heterocycles. The number of thioether (sulfide) groups is 1. The average molecular weight is 295 g/mol. The molecule has 1 aliphatic heterocycles. The molecule has 0 unspecified atom stereocenters. The lowest BCUT2D eigenvalue weighted by Crippen LogP contribution is -2.20. The van der Waals surface area contributed by atoms with Gasteiger partial charge in [0.1, 0.15) is 0 Å². The molecule has 1 aromatic carbocycles. The van der Waals surface area contributed by atoms with Crippen molar-refractivity contribution in [3.05, 3.63) is 29.8 Å². The predicted molar refractivity (Wildman–Crippen MR) is 84.2 cm³/mol. The molecule has 1 aliphatic rings. The van der Waals surface area contributed by atoms with Crippen LogP contribution in [-0.4, -0.2) is 44.5 Å². The molecule has 0 N–H and O–H groups in total. The SMILES string of the molecule is COC(OC)c1ccc(SCCCN2CCCC2)cc1. The maximum atomic E-state index is 5.25. The quantitative estimate of drug-likeness (QED) is 0.415. The normalized spacial score (nSPS) is 16.1. The summed E-state index contributed by atoms with van der Waals surface area (Å²) in [5.74, 6) is 1.19. The molecule has 0 atom stereocenters. The van der Waals surface area contributed by atoms with Gasteiger partial charge in [0.05, 0.1) is 0 Å². The lowest BCUT2D eigenvalue weighted by Gasteiger charge is -2.15. The van der Waals surface area contributed by atoms with Crippen molar-refractivity contribution < 1.29 is 9.47 Å². The molecule has 1 heterocycles. The van der Waals surface area contributed by atoms with Gasteiger partial charge >= 0.3 is 0 Å². The third kappa shape index (κ3) is 4.77. The second kappa shape index (κ2) is 8.67. The number of likely N-dealkylation sites (tertiary alicyclic amines) is 1. The van der Waals surface area contributed by atoms with Crippen molar-refractivity contribution in [1.82, 2.24) is 4.90 Å². The lowest BCUT2D eigenvalue weighted by atomic mass is 10.2. The minimum atomic E-state index is -0.260. The summed E-state index contributed by atoms with van der Waals surface area (Å²) >= 11 is 1.93. The number of rotatable bonds is 8. The van der Waals surface area contributed by atoms with Gasteiger partial charge in [-0.2, -0.15) is 0 Å². The smallest absolute Gasteiger partial charge is 0.183 e. The Morgan fingerprint density at radius 3 is 2.35 bits per heavy atom. The Labute approximate surface area is 126 Å².